The van der Waals surface area contributed by atoms with Gasteiger partial charge < -0.3 is 14.8 Å². The monoisotopic (exact) mass is 459 g/mol. The molecule has 1 saturated heterocycles. The smallest absolute Gasteiger partial charge is 0.242 e. The van der Waals surface area contributed by atoms with Gasteiger partial charge in [0, 0.05) is 32.2 Å². The van der Waals surface area contributed by atoms with Crippen molar-refractivity contribution in [2.24, 2.45) is 0 Å². The van der Waals surface area contributed by atoms with Crippen LogP contribution in [0.1, 0.15) is 30.9 Å². The number of carbonyl (C=O) groups excluding carboxylic acids is 1. The van der Waals surface area contributed by atoms with E-state index in [2.05, 4.69) is 16.3 Å². The van der Waals surface area contributed by atoms with E-state index in [1.165, 1.54) is 26.2 Å². The first kappa shape index (κ1) is 22.6. The Bertz CT molecular complexity index is 1070. The molecule has 32 heavy (non-hydrogen) atoms. The fourth-order valence-corrected chi connectivity index (χ4v) is 4.99. The molecular formula is C23H29N3O5S. The zero-order valence-electron chi connectivity index (χ0n) is 18.4. The van der Waals surface area contributed by atoms with Crippen LogP contribution in [0, 0.1) is 0 Å². The highest BCUT2D eigenvalue weighted by molar-refractivity contribution is 7.89. The largest absolute Gasteiger partial charge is 0.490 e. The first-order valence-electron chi connectivity index (χ1n) is 10.8. The van der Waals surface area contributed by atoms with E-state index in [0.717, 1.165) is 47.2 Å². The van der Waals surface area contributed by atoms with E-state index in [-0.39, 0.29) is 23.4 Å². The van der Waals surface area contributed by atoms with Gasteiger partial charge in [-0.25, -0.2) is 12.7 Å². The van der Waals surface area contributed by atoms with Gasteiger partial charge in [0.2, 0.25) is 15.9 Å². The fraction of sp³-hybridized carbons (Fsp3) is 0.435. The minimum Gasteiger partial charge on any atom is -0.490 e. The molecule has 4 rings (SSSR count). The zero-order valence-corrected chi connectivity index (χ0v) is 19.2. The molecule has 0 aromatic heterocycles. The molecule has 0 spiro atoms. The van der Waals surface area contributed by atoms with Gasteiger partial charge in [-0.05, 0) is 61.3 Å². The minimum absolute atomic E-state index is 0.130. The van der Waals surface area contributed by atoms with Crippen LogP contribution in [0.5, 0.6) is 11.5 Å². The summed E-state index contributed by atoms with van der Waals surface area (Å²) in [4.78, 5) is 15.0. The Morgan fingerprint density at radius 2 is 1.78 bits per heavy atom. The number of nitrogens with zero attached hydrogens (tertiary/aromatic N) is 2. The number of benzene rings is 2. The Kier molecular flexibility index (Phi) is 6.68. The number of ether oxygens (including phenoxy) is 2. The molecule has 2 heterocycles. The number of amides is 1. The second-order valence-corrected chi connectivity index (χ2v) is 10.4. The highest BCUT2D eigenvalue weighted by atomic mass is 32.2. The van der Waals surface area contributed by atoms with E-state index >= 15 is 0 Å². The van der Waals surface area contributed by atoms with E-state index in [0.29, 0.717) is 18.9 Å². The molecule has 0 unspecified atom stereocenters. The van der Waals surface area contributed by atoms with Gasteiger partial charge in [0.1, 0.15) is 0 Å². The lowest BCUT2D eigenvalue weighted by Crippen LogP contribution is -2.33. The predicted octanol–water partition coefficient (Wildman–Crippen LogP) is 2.87. The van der Waals surface area contributed by atoms with Crippen molar-refractivity contribution in [3.05, 3.63) is 48.0 Å². The normalized spacial score (nSPS) is 19.0. The van der Waals surface area contributed by atoms with Crippen molar-refractivity contribution in [1.29, 1.82) is 0 Å². The summed E-state index contributed by atoms with van der Waals surface area (Å²) in [7, 11) is -0.521. The van der Waals surface area contributed by atoms with Gasteiger partial charge >= 0.3 is 0 Å². The molecule has 2 aliphatic heterocycles. The Morgan fingerprint density at radius 3 is 2.50 bits per heavy atom. The van der Waals surface area contributed by atoms with Crippen molar-refractivity contribution in [3.8, 4) is 11.5 Å². The van der Waals surface area contributed by atoms with Gasteiger partial charge in [-0.1, -0.05) is 6.07 Å². The number of anilines is 1. The number of carbonyl (C=O) groups is 1. The van der Waals surface area contributed by atoms with E-state index in [1.807, 2.05) is 12.1 Å². The first-order valence-corrected chi connectivity index (χ1v) is 12.2. The van der Waals surface area contributed by atoms with Crippen LogP contribution in [-0.2, 0) is 14.8 Å². The van der Waals surface area contributed by atoms with Crippen molar-refractivity contribution < 1.29 is 22.7 Å². The molecule has 0 aliphatic carbocycles. The third-order valence-corrected chi connectivity index (χ3v) is 7.61. The van der Waals surface area contributed by atoms with Crippen molar-refractivity contribution >= 4 is 21.6 Å². The number of fused-ring (bicyclic) bond motifs is 1. The van der Waals surface area contributed by atoms with E-state index in [9.17, 15) is 13.2 Å². The molecule has 9 heteroatoms. The highest BCUT2D eigenvalue weighted by Gasteiger charge is 2.28. The summed E-state index contributed by atoms with van der Waals surface area (Å²) >= 11 is 0. The first-order chi connectivity index (χ1) is 15.3. The predicted molar refractivity (Wildman–Crippen MR) is 122 cm³/mol. The number of hydrogen-bond acceptors (Lipinski definition) is 6. The maximum atomic E-state index is 12.7. The van der Waals surface area contributed by atoms with Crippen molar-refractivity contribution in [2.75, 3.05) is 45.7 Å². The third kappa shape index (κ3) is 4.90. The van der Waals surface area contributed by atoms with Crippen LogP contribution >= 0.6 is 0 Å². The number of nitrogens with one attached hydrogen (secondary N) is 1. The topological polar surface area (TPSA) is 88.2 Å². The standard InChI is InChI=1S/C23H29N3O5S/c1-25(2)32(28,29)19-9-7-18(8-10-19)24-23(27)16-26-12-3-5-20(26)17-6-11-21-22(15-17)31-14-4-13-30-21/h6-11,15,20H,3-5,12-14,16H2,1-2H3,(H,24,27)/t20-/m1/s1. The van der Waals surface area contributed by atoms with Crippen LogP contribution in [0.3, 0.4) is 0 Å². The average Bonchev–Trinajstić information content (AvgIpc) is 3.09. The third-order valence-electron chi connectivity index (χ3n) is 5.78. The Morgan fingerprint density at radius 1 is 1.06 bits per heavy atom. The molecule has 1 N–H and O–H groups in total. The van der Waals surface area contributed by atoms with Crippen LogP contribution in [0.2, 0.25) is 0 Å². The average molecular weight is 460 g/mol. The molecule has 1 fully saturated rings. The summed E-state index contributed by atoms with van der Waals surface area (Å²) in [6.45, 7) is 2.40. The Labute approximate surface area is 189 Å². The molecule has 2 aliphatic rings. The quantitative estimate of drug-likeness (QED) is 0.715. The zero-order chi connectivity index (χ0) is 22.7. The maximum Gasteiger partial charge on any atom is 0.242 e. The van der Waals surface area contributed by atoms with Gasteiger partial charge in [0.05, 0.1) is 24.7 Å². The molecule has 172 valence electrons. The summed E-state index contributed by atoms with van der Waals surface area (Å²) in [6.07, 6.45) is 2.86. The summed E-state index contributed by atoms with van der Waals surface area (Å²) in [5.74, 6) is 1.41. The van der Waals surface area contributed by atoms with Crippen LogP contribution in [0.15, 0.2) is 47.4 Å². The molecule has 0 bridgehead atoms. The lowest BCUT2D eigenvalue weighted by Gasteiger charge is -2.25. The lowest BCUT2D eigenvalue weighted by molar-refractivity contribution is -0.117. The molecule has 1 atom stereocenters. The van der Waals surface area contributed by atoms with Crippen molar-refractivity contribution in [2.45, 2.75) is 30.2 Å². The second kappa shape index (κ2) is 9.48. The van der Waals surface area contributed by atoms with Gasteiger partial charge in [-0.15, -0.1) is 0 Å². The fourth-order valence-electron chi connectivity index (χ4n) is 4.09. The van der Waals surface area contributed by atoms with Crippen LogP contribution in [0.4, 0.5) is 5.69 Å². The van der Waals surface area contributed by atoms with Crippen molar-refractivity contribution in [1.82, 2.24) is 9.21 Å². The minimum atomic E-state index is -3.49. The van der Waals surface area contributed by atoms with E-state index < -0.39 is 10.0 Å². The Balaban J connectivity index is 1.40. The number of rotatable bonds is 6. The highest BCUT2D eigenvalue weighted by Crippen LogP contribution is 2.37. The van der Waals surface area contributed by atoms with Gasteiger partial charge in [-0.3, -0.25) is 9.69 Å². The maximum absolute atomic E-state index is 12.7. The molecule has 0 saturated carbocycles. The van der Waals surface area contributed by atoms with Crippen LogP contribution < -0.4 is 14.8 Å². The number of likely N-dealkylation sites (tertiary alicyclic amines) is 1. The Hall–Kier alpha value is -2.62. The molecule has 0 radical (unpaired) electrons. The lowest BCUT2D eigenvalue weighted by atomic mass is 10.0. The van der Waals surface area contributed by atoms with Crippen LogP contribution in [-0.4, -0.2) is 63.9 Å². The SMILES string of the molecule is CN(C)S(=O)(=O)c1ccc(NC(=O)CN2CCC[C@@H]2c2ccc3c(c2)OCCCO3)cc1. The summed E-state index contributed by atoms with van der Waals surface area (Å²) < 4.78 is 37.1. The summed E-state index contributed by atoms with van der Waals surface area (Å²) in [5, 5.41) is 2.87. The molecule has 2 aromatic carbocycles. The van der Waals surface area contributed by atoms with E-state index in [4.69, 9.17) is 9.47 Å². The van der Waals surface area contributed by atoms with Crippen molar-refractivity contribution in [3.63, 3.8) is 0 Å². The second-order valence-electron chi connectivity index (χ2n) is 8.25. The van der Waals surface area contributed by atoms with E-state index in [1.54, 1.807) is 12.1 Å². The molecule has 1 amide bonds. The number of sulfonamides is 1. The number of hydrogen-bond donors (Lipinski definition) is 1. The summed E-state index contributed by atoms with van der Waals surface area (Å²) in [5.41, 5.74) is 1.69. The molecule has 8 nitrogen and oxygen atoms in total. The summed E-state index contributed by atoms with van der Waals surface area (Å²) in [6, 6.07) is 12.4. The van der Waals surface area contributed by atoms with Crippen LogP contribution in [0.25, 0.3) is 0 Å². The molecule has 2 aromatic rings. The molecular weight excluding hydrogens is 430 g/mol. The van der Waals surface area contributed by atoms with Gasteiger partial charge in [-0.2, -0.15) is 0 Å². The van der Waals surface area contributed by atoms with Gasteiger partial charge in [0.25, 0.3) is 0 Å². The van der Waals surface area contributed by atoms with Gasteiger partial charge in [0.15, 0.2) is 11.5 Å².